The lowest BCUT2D eigenvalue weighted by atomic mass is 9.93. The van der Waals surface area contributed by atoms with Gasteiger partial charge in [0.15, 0.2) is 17.0 Å². The monoisotopic (exact) mass is 468 g/mol. The number of nitrogens with two attached hydrogens (primary N) is 1. The number of benzene rings is 2. The minimum atomic E-state index is -4.71. The van der Waals surface area contributed by atoms with Gasteiger partial charge in [0.25, 0.3) is 0 Å². The number of hydrogen-bond donors (Lipinski definition) is 3. The Morgan fingerprint density at radius 1 is 1.06 bits per heavy atom. The fourth-order valence-corrected chi connectivity index (χ4v) is 3.43. The zero-order valence-corrected chi connectivity index (χ0v) is 17.7. The number of halogens is 3. The number of rotatable bonds is 6. The second-order valence-electron chi connectivity index (χ2n) is 7.47. The molecule has 1 aromatic heterocycles. The summed E-state index contributed by atoms with van der Waals surface area (Å²) in [6.07, 6.45) is -4.71. The van der Waals surface area contributed by atoms with E-state index in [1.165, 1.54) is 62.4 Å². The van der Waals surface area contributed by atoms with E-state index in [-0.39, 0.29) is 21.8 Å². The summed E-state index contributed by atoms with van der Waals surface area (Å²) >= 11 is 0. The van der Waals surface area contributed by atoms with Gasteiger partial charge in [0.1, 0.15) is 0 Å². The van der Waals surface area contributed by atoms with Crippen LogP contribution in [0, 0.1) is 4.91 Å². The summed E-state index contributed by atoms with van der Waals surface area (Å²) < 4.78 is 60.1. The molecule has 0 aliphatic carbocycles. The molecule has 3 aromatic rings. The van der Waals surface area contributed by atoms with Gasteiger partial charge in [0.05, 0.1) is 16.3 Å². The first-order valence-corrected chi connectivity index (χ1v) is 10.7. The number of carbonyl (C=O) groups excluding carboxylic acids is 1. The first-order chi connectivity index (χ1) is 14.7. The van der Waals surface area contributed by atoms with Crippen molar-refractivity contribution in [2.75, 3.05) is 0 Å². The molecule has 8 nitrogen and oxygen atoms in total. The molecule has 0 bridgehead atoms. The lowest BCUT2D eigenvalue weighted by Gasteiger charge is -2.26. The Bertz CT molecular complexity index is 1150. The smallest absolute Gasteiger partial charge is 0.291 e. The van der Waals surface area contributed by atoms with Gasteiger partial charge in [-0.1, -0.05) is 29.4 Å². The summed E-state index contributed by atoms with van der Waals surface area (Å²) in [4.78, 5) is 23.3. The molecule has 0 saturated carbocycles. The van der Waals surface area contributed by atoms with Crippen molar-refractivity contribution >= 4 is 16.6 Å². The van der Waals surface area contributed by atoms with Crippen molar-refractivity contribution < 1.29 is 27.1 Å². The molecule has 4 N–H and O–H groups in total. The molecular weight excluding hydrogens is 449 g/mol. The van der Waals surface area contributed by atoms with Gasteiger partial charge in [0, 0.05) is 11.1 Å². The van der Waals surface area contributed by atoms with Gasteiger partial charge in [-0.15, -0.1) is 15.7 Å². The Morgan fingerprint density at radius 2 is 1.62 bits per heavy atom. The minimum Gasteiger partial charge on any atom is -0.291 e. The van der Waals surface area contributed by atoms with E-state index in [1.807, 2.05) is 0 Å². The van der Waals surface area contributed by atoms with Crippen LogP contribution in [0.3, 0.4) is 0 Å². The fraction of sp³-hybridized carbons (Fsp3) is 0.200. The Kier molecular flexibility index (Phi) is 6.00. The number of Topliss-reactive ketones (excluding diaryl/α,β-unsaturated/α-hetero) is 1. The van der Waals surface area contributed by atoms with E-state index in [1.54, 1.807) is 0 Å². The molecule has 1 heterocycles. The molecule has 3 rings (SSSR count). The van der Waals surface area contributed by atoms with E-state index >= 15 is 0 Å². The molecule has 170 valence electrons. The predicted molar refractivity (Wildman–Crippen MR) is 114 cm³/mol. The van der Waals surface area contributed by atoms with Crippen molar-refractivity contribution in [2.45, 2.75) is 30.5 Å². The Morgan fingerprint density at radius 3 is 2.09 bits per heavy atom. The summed E-state index contributed by atoms with van der Waals surface area (Å²) in [6.45, 7) is 2.72. The molecule has 0 spiro atoms. The highest BCUT2D eigenvalue weighted by Gasteiger charge is 2.35. The van der Waals surface area contributed by atoms with Crippen molar-refractivity contribution in [3.05, 3.63) is 70.8 Å². The topological polar surface area (TPSA) is 131 Å². The second kappa shape index (κ2) is 8.13. The number of alkyl halides is 3. The van der Waals surface area contributed by atoms with Gasteiger partial charge >= 0.3 is 6.18 Å². The van der Waals surface area contributed by atoms with Crippen LogP contribution in [0.25, 0.3) is 16.9 Å². The molecule has 0 radical (unpaired) electrons. The zero-order chi connectivity index (χ0) is 23.9. The molecule has 0 aliphatic heterocycles. The van der Waals surface area contributed by atoms with E-state index in [4.69, 9.17) is 5.14 Å². The van der Waals surface area contributed by atoms with Crippen molar-refractivity contribution in [3.63, 3.8) is 0 Å². The van der Waals surface area contributed by atoms with Crippen molar-refractivity contribution in [1.82, 2.24) is 9.78 Å². The molecule has 0 saturated heterocycles. The van der Waals surface area contributed by atoms with Crippen molar-refractivity contribution in [2.24, 2.45) is 10.3 Å². The van der Waals surface area contributed by atoms with Crippen LogP contribution in [-0.4, -0.2) is 30.2 Å². The molecule has 0 amide bonds. The van der Waals surface area contributed by atoms with Crippen LogP contribution in [0.4, 0.5) is 13.2 Å². The lowest BCUT2D eigenvalue weighted by Crippen LogP contribution is -2.28. The molecular formula is C20H19F3N4O4S. The SMILES string of the molecule is CC(C)(N=O)C(=O)c1ccc(-c2cc(C(F)(F)F)nn2-c2ccc(S(N)(O)O)cc2)cc1. The first-order valence-electron chi connectivity index (χ1n) is 9.07. The number of nitroso groups, excluding NO2 is 1. The second-order valence-corrected chi connectivity index (χ2v) is 9.13. The number of aromatic nitrogens is 2. The highest BCUT2D eigenvalue weighted by atomic mass is 32.3. The van der Waals surface area contributed by atoms with Gasteiger partial charge in [-0.2, -0.15) is 18.3 Å². The molecule has 0 fully saturated rings. The van der Waals surface area contributed by atoms with Crippen LogP contribution >= 0.6 is 10.8 Å². The van der Waals surface area contributed by atoms with Crippen LogP contribution in [-0.2, 0) is 6.18 Å². The van der Waals surface area contributed by atoms with Crippen LogP contribution in [0.5, 0.6) is 0 Å². The number of carbonyl (C=O) groups is 1. The summed E-state index contributed by atoms with van der Waals surface area (Å²) in [7, 11) is -3.48. The van der Waals surface area contributed by atoms with Crippen LogP contribution in [0.15, 0.2) is 64.7 Å². The standard InChI is InChI=1S/C20H19F3N4O4S/c1-19(2,26-29)18(28)13-5-3-12(4-6-13)16-11-17(20(21,22)23)25-27(16)14-7-9-15(10-8-14)32(24,30)31/h3-11,30-31H,24H2,1-2H3. The maximum Gasteiger partial charge on any atom is 0.435 e. The van der Waals surface area contributed by atoms with Crippen molar-refractivity contribution in [3.8, 4) is 16.9 Å². The number of ketones is 1. The van der Waals surface area contributed by atoms with Gasteiger partial charge in [-0.25, -0.2) is 9.82 Å². The molecule has 12 heteroatoms. The third-order valence-electron chi connectivity index (χ3n) is 4.65. The molecule has 0 unspecified atom stereocenters. The zero-order valence-electron chi connectivity index (χ0n) is 16.9. The third-order valence-corrected chi connectivity index (χ3v) is 5.62. The molecule has 32 heavy (non-hydrogen) atoms. The Labute approximate surface area is 182 Å². The molecule has 0 atom stereocenters. The predicted octanol–water partition coefficient (Wildman–Crippen LogP) is 5.27. The third kappa shape index (κ3) is 4.72. The highest BCUT2D eigenvalue weighted by Crippen LogP contribution is 2.40. The van der Waals surface area contributed by atoms with Crippen molar-refractivity contribution in [1.29, 1.82) is 0 Å². The Balaban J connectivity index is 2.07. The van der Waals surface area contributed by atoms with Crippen LogP contribution in [0.1, 0.15) is 29.9 Å². The number of hydrogen-bond acceptors (Lipinski definition) is 7. The summed E-state index contributed by atoms with van der Waals surface area (Å²) in [5.41, 5.74) is -1.81. The van der Waals surface area contributed by atoms with E-state index in [9.17, 15) is 32.0 Å². The van der Waals surface area contributed by atoms with Gasteiger partial charge in [-0.3, -0.25) is 13.9 Å². The minimum absolute atomic E-state index is 0.0141. The van der Waals surface area contributed by atoms with Gasteiger partial charge in [0.2, 0.25) is 0 Å². The average molecular weight is 468 g/mol. The quantitative estimate of drug-likeness (QED) is 0.334. The summed E-state index contributed by atoms with van der Waals surface area (Å²) in [5, 5.41) is 11.7. The maximum absolute atomic E-state index is 13.3. The lowest BCUT2D eigenvalue weighted by molar-refractivity contribution is -0.141. The first kappa shape index (κ1) is 23.6. The largest absolute Gasteiger partial charge is 0.435 e. The average Bonchev–Trinajstić information content (AvgIpc) is 3.19. The number of nitrogens with zero attached hydrogens (tertiary/aromatic N) is 3. The van der Waals surface area contributed by atoms with Crippen LogP contribution in [0.2, 0.25) is 0 Å². The maximum atomic E-state index is 13.3. The van der Waals surface area contributed by atoms with E-state index < -0.39 is 34.0 Å². The van der Waals surface area contributed by atoms with Gasteiger partial charge in [-0.05, 0) is 44.2 Å². The Hall–Kier alpha value is -3.06. The fourth-order valence-electron chi connectivity index (χ4n) is 2.90. The molecule has 0 aliphatic rings. The highest BCUT2D eigenvalue weighted by molar-refractivity contribution is 8.22. The van der Waals surface area contributed by atoms with E-state index in [2.05, 4.69) is 10.3 Å². The summed E-state index contributed by atoms with van der Waals surface area (Å²) in [6, 6.07) is 11.8. The van der Waals surface area contributed by atoms with E-state index in [0.717, 1.165) is 10.7 Å². The summed E-state index contributed by atoms with van der Waals surface area (Å²) in [5.74, 6) is -0.528. The van der Waals surface area contributed by atoms with Crippen LogP contribution < -0.4 is 5.14 Å². The van der Waals surface area contributed by atoms with E-state index in [0.29, 0.717) is 5.56 Å². The van der Waals surface area contributed by atoms with Gasteiger partial charge < -0.3 is 0 Å². The normalized spacial score (nSPS) is 13.1. The molecule has 2 aromatic carbocycles.